The summed E-state index contributed by atoms with van der Waals surface area (Å²) in [5.74, 6) is -1.47. The number of hydrogen-bond acceptors (Lipinski definition) is 2. The van der Waals surface area contributed by atoms with Crippen LogP contribution in [0.3, 0.4) is 0 Å². The minimum absolute atomic E-state index is 0. The van der Waals surface area contributed by atoms with Crippen molar-refractivity contribution in [2.45, 2.75) is 6.42 Å². The van der Waals surface area contributed by atoms with Crippen molar-refractivity contribution in [3.8, 4) is 0 Å². The molecule has 19 heavy (non-hydrogen) atoms. The molecule has 1 aromatic carbocycles. The molecule has 0 aromatic heterocycles. The van der Waals surface area contributed by atoms with Gasteiger partial charge in [0.15, 0.2) is 0 Å². The molecule has 2 rings (SSSR count). The van der Waals surface area contributed by atoms with Crippen molar-refractivity contribution in [1.82, 2.24) is 4.90 Å². The third kappa shape index (κ3) is 3.61. The predicted octanol–water partition coefficient (Wildman–Crippen LogP) is 3.07. The average Bonchev–Trinajstić information content (AvgIpc) is 2.77. The Bertz CT molecular complexity index is 510. The number of halogens is 3. The maximum absolute atomic E-state index is 12.2. The molecule has 7 heteroatoms. The molecular formula is C12H12BrCl2NO3. The molecule has 0 aliphatic carbocycles. The van der Waals surface area contributed by atoms with E-state index in [9.17, 15) is 9.59 Å². The van der Waals surface area contributed by atoms with Gasteiger partial charge in [0.1, 0.15) is 0 Å². The number of carbonyl (C=O) groups excluding carboxylic acids is 1. The van der Waals surface area contributed by atoms with Gasteiger partial charge in [0.05, 0.1) is 11.5 Å². The van der Waals surface area contributed by atoms with Crippen molar-refractivity contribution >= 4 is 51.8 Å². The SMILES string of the molecule is Cl.O=C(O)C1CCN(C(=O)c2ccc(Cl)cc2Br)C1. The summed E-state index contributed by atoms with van der Waals surface area (Å²) in [6.45, 7) is 0.744. The number of carboxylic acids is 1. The lowest BCUT2D eigenvalue weighted by Crippen LogP contribution is -2.30. The molecule has 1 aliphatic rings. The highest BCUT2D eigenvalue weighted by atomic mass is 79.9. The van der Waals surface area contributed by atoms with E-state index in [2.05, 4.69) is 15.9 Å². The van der Waals surface area contributed by atoms with Crippen LogP contribution in [0.4, 0.5) is 0 Å². The first kappa shape index (κ1) is 16.3. The second-order valence-electron chi connectivity index (χ2n) is 4.20. The lowest BCUT2D eigenvalue weighted by Gasteiger charge is -2.16. The van der Waals surface area contributed by atoms with Crippen molar-refractivity contribution < 1.29 is 14.7 Å². The van der Waals surface area contributed by atoms with Gasteiger partial charge in [0.2, 0.25) is 0 Å². The minimum atomic E-state index is -0.847. The molecule has 1 aromatic rings. The molecule has 1 unspecified atom stereocenters. The summed E-state index contributed by atoms with van der Waals surface area (Å²) in [5.41, 5.74) is 0.505. The number of benzene rings is 1. The summed E-state index contributed by atoms with van der Waals surface area (Å²) in [7, 11) is 0. The molecule has 1 saturated heterocycles. The number of nitrogens with zero attached hydrogens (tertiary/aromatic N) is 1. The molecule has 1 heterocycles. The first-order valence-electron chi connectivity index (χ1n) is 5.46. The van der Waals surface area contributed by atoms with E-state index in [1.165, 1.54) is 0 Å². The molecule has 1 N–H and O–H groups in total. The smallest absolute Gasteiger partial charge is 0.308 e. The van der Waals surface area contributed by atoms with Crippen LogP contribution >= 0.6 is 39.9 Å². The summed E-state index contributed by atoms with van der Waals surface area (Å²) in [4.78, 5) is 24.6. The Balaban J connectivity index is 0.00000180. The molecule has 0 radical (unpaired) electrons. The largest absolute Gasteiger partial charge is 0.481 e. The van der Waals surface area contributed by atoms with Crippen LogP contribution in [0.25, 0.3) is 0 Å². The number of hydrogen-bond donors (Lipinski definition) is 1. The monoisotopic (exact) mass is 367 g/mol. The average molecular weight is 369 g/mol. The van der Waals surface area contributed by atoms with Gasteiger partial charge in [-0.15, -0.1) is 12.4 Å². The fourth-order valence-electron chi connectivity index (χ4n) is 1.98. The first-order valence-corrected chi connectivity index (χ1v) is 6.63. The van der Waals surface area contributed by atoms with Crippen molar-refractivity contribution in [3.05, 3.63) is 33.3 Å². The lowest BCUT2D eigenvalue weighted by molar-refractivity contribution is -0.141. The van der Waals surface area contributed by atoms with Gasteiger partial charge in [-0.1, -0.05) is 11.6 Å². The van der Waals surface area contributed by atoms with E-state index in [1.807, 2.05) is 0 Å². The molecule has 1 aliphatic heterocycles. The van der Waals surface area contributed by atoms with E-state index in [0.717, 1.165) is 0 Å². The molecular weight excluding hydrogens is 357 g/mol. The van der Waals surface area contributed by atoms with Gasteiger partial charge in [0, 0.05) is 22.6 Å². The predicted molar refractivity (Wildman–Crippen MR) is 78.0 cm³/mol. The number of aliphatic carboxylic acids is 1. The van der Waals surface area contributed by atoms with Crippen LogP contribution in [-0.4, -0.2) is 35.0 Å². The zero-order valence-electron chi connectivity index (χ0n) is 9.81. The van der Waals surface area contributed by atoms with Crippen LogP contribution in [0.5, 0.6) is 0 Å². The highest BCUT2D eigenvalue weighted by Crippen LogP contribution is 2.25. The first-order chi connectivity index (χ1) is 8.49. The van der Waals surface area contributed by atoms with Gasteiger partial charge in [-0.3, -0.25) is 9.59 Å². The normalized spacial score (nSPS) is 18.0. The van der Waals surface area contributed by atoms with Crippen LogP contribution in [0.1, 0.15) is 16.8 Å². The molecule has 0 saturated carbocycles. The second kappa shape index (κ2) is 6.59. The highest BCUT2D eigenvalue weighted by molar-refractivity contribution is 9.10. The summed E-state index contributed by atoms with van der Waals surface area (Å²) in [6.07, 6.45) is 0.506. The molecule has 0 bridgehead atoms. The molecule has 0 spiro atoms. The van der Waals surface area contributed by atoms with E-state index < -0.39 is 11.9 Å². The van der Waals surface area contributed by atoms with Gasteiger partial charge in [-0.05, 0) is 40.5 Å². The van der Waals surface area contributed by atoms with Crippen LogP contribution in [0.15, 0.2) is 22.7 Å². The maximum Gasteiger partial charge on any atom is 0.308 e. The number of rotatable bonds is 2. The topological polar surface area (TPSA) is 57.6 Å². The Morgan fingerprint density at radius 1 is 1.42 bits per heavy atom. The number of likely N-dealkylation sites (tertiary alicyclic amines) is 1. The Hall–Kier alpha value is -0.780. The quantitative estimate of drug-likeness (QED) is 0.872. The molecule has 4 nitrogen and oxygen atoms in total. The van der Waals surface area contributed by atoms with Gasteiger partial charge >= 0.3 is 5.97 Å². The maximum atomic E-state index is 12.2. The van der Waals surface area contributed by atoms with Crippen LogP contribution in [0.2, 0.25) is 5.02 Å². The van der Waals surface area contributed by atoms with E-state index in [4.69, 9.17) is 16.7 Å². The van der Waals surface area contributed by atoms with Crippen molar-refractivity contribution in [2.75, 3.05) is 13.1 Å². The van der Waals surface area contributed by atoms with Crippen molar-refractivity contribution in [2.24, 2.45) is 5.92 Å². The van der Waals surface area contributed by atoms with Gasteiger partial charge < -0.3 is 10.0 Å². The minimum Gasteiger partial charge on any atom is -0.481 e. The number of carbonyl (C=O) groups is 2. The van der Waals surface area contributed by atoms with E-state index >= 15 is 0 Å². The van der Waals surface area contributed by atoms with E-state index in [1.54, 1.807) is 23.1 Å². The van der Waals surface area contributed by atoms with Gasteiger partial charge in [-0.25, -0.2) is 0 Å². The zero-order valence-corrected chi connectivity index (χ0v) is 13.0. The van der Waals surface area contributed by atoms with Crippen molar-refractivity contribution in [1.29, 1.82) is 0 Å². The van der Waals surface area contributed by atoms with Crippen LogP contribution in [0, 0.1) is 5.92 Å². The molecule has 1 fully saturated rings. The summed E-state index contributed by atoms with van der Waals surface area (Å²) < 4.78 is 0.624. The van der Waals surface area contributed by atoms with Crippen LogP contribution in [-0.2, 0) is 4.79 Å². The third-order valence-corrected chi connectivity index (χ3v) is 3.88. The van der Waals surface area contributed by atoms with E-state index in [-0.39, 0.29) is 24.9 Å². The van der Waals surface area contributed by atoms with Crippen LogP contribution < -0.4 is 0 Å². The second-order valence-corrected chi connectivity index (χ2v) is 5.49. The molecule has 104 valence electrons. The fraction of sp³-hybridized carbons (Fsp3) is 0.333. The summed E-state index contributed by atoms with van der Waals surface area (Å²) >= 11 is 9.10. The third-order valence-electron chi connectivity index (χ3n) is 2.99. The van der Waals surface area contributed by atoms with E-state index in [0.29, 0.717) is 28.0 Å². The standard InChI is InChI=1S/C12H11BrClNO3.ClH/c13-10-5-8(14)1-2-9(10)11(16)15-4-3-7(6-15)12(17)18;/h1-2,5,7H,3-4,6H2,(H,17,18);1H. The molecule has 1 atom stereocenters. The molecule has 1 amide bonds. The number of amides is 1. The number of carboxylic acid groups (broad SMARTS) is 1. The van der Waals surface area contributed by atoms with Gasteiger partial charge in [-0.2, -0.15) is 0 Å². The summed E-state index contributed by atoms with van der Waals surface area (Å²) in [5, 5.41) is 9.45. The fourth-order valence-corrected chi connectivity index (χ4v) is 2.83. The Labute approximate surface area is 130 Å². The Morgan fingerprint density at radius 3 is 2.63 bits per heavy atom. The Morgan fingerprint density at radius 2 is 2.11 bits per heavy atom. The zero-order chi connectivity index (χ0) is 13.3. The summed E-state index contributed by atoms with van der Waals surface area (Å²) in [6, 6.07) is 4.94. The van der Waals surface area contributed by atoms with Gasteiger partial charge in [0.25, 0.3) is 5.91 Å². The lowest BCUT2D eigenvalue weighted by atomic mass is 10.1. The highest BCUT2D eigenvalue weighted by Gasteiger charge is 2.31. The van der Waals surface area contributed by atoms with Crippen molar-refractivity contribution in [3.63, 3.8) is 0 Å². The Kier molecular flexibility index (Phi) is 5.64.